The van der Waals surface area contributed by atoms with Gasteiger partial charge < -0.3 is 20.6 Å². The lowest BCUT2D eigenvalue weighted by Gasteiger charge is -2.33. The topological polar surface area (TPSA) is 80.7 Å². The fourth-order valence-electron chi connectivity index (χ4n) is 3.21. The zero-order valence-corrected chi connectivity index (χ0v) is 24.8. The van der Waals surface area contributed by atoms with Crippen LogP contribution in [0.3, 0.4) is 0 Å². The van der Waals surface area contributed by atoms with Gasteiger partial charge in [0.25, 0.3) is 5.91 Å². The summed E-state index contributed by atoms with van der Waals surface area (Å²) in [4.78, 5) is 20.7. The van der Waals surface area contributed by atoms with Gasteiger partial charge in [0.05, 0.1) is 11.6 Å². The molecule has 0 spiro atoms. The molecule has 0 bridgehead atoms. The van der Waals surface area contributed by atoms with Crippen LogP contribution in [0.1, 0.15) is 62.0 Å². The van der Waals surface area contributed by atoms with Gasteiger partial charge in [0.2, 0.25) is 0 Å². The molecule has 0 atom stereocenters. The molecule has 1 aliphatic heterocycles. The number of nitrogens with zero attached hydrogens (tertiary/aromatic N) is 3. The minimum absolute atomic E-state index is 0.139. The van der Waals surface area contributed by atoms with Crippen molar-refractivity contribution < 1.29 is 9.90 Å². The summed E-state index contributed by atoms with van der Waals surface area (Å²) in [6.07, 6.45) is 17.6. The van der Waals surface area contributed by atoms with Crippen LogP contribution < -0.4 is 10.6 Å². The fraction of sp³-hybridized carbons (Fsp3) is 0.536. The van der Waals surface area contributed by atoms with Crippen LogP contribution in [0, 0.1) is 12.8 Å². The minimum atomic E-state index is -0.139. The average Bonchev–Trinajstić information content (AvgIpc) is 3.46. The molecule has 0 aliphatic carbocycles. The van der Waals surface area contributed by atoms with Crippen LogP contribution in [-0.2, 0) is 0 Å². The number of hydrogen-bond donors (Lipinski definition) is 3. The van der Waals surface area contributed by atoms with Crippen molar-refractivity contribution in [3.63, 3.8) is 0 Å². The van der Waals surface area contributed by atoms with E-state index < -0.39 is 0 Å². The number of aliphatic hydroxyl groups excluding tert-OH is 1. The Bertz CT molecular complexity index is 799. The van der Waals surface area contributed by atoms with Crippen LogP contribution in [-0.4, -0.2) is 83.3 Å². The number of carbonyl (C=O) groups excluding carboxylic acids is 1. The van der Waals surface area contributed by atoms with E-state index in [0.29, 0.717) is 24.7 Å². The molecule has 1 aromatic heterocycles. The zero-order valence-electron chi connectivity index (χ0n) is 23.1. The Morgan fingerprint density at radius 1 is 1.27 bits per heavy atom. The number of aromatic nitrogens is 1. The Labute approximate surface area is 234 Å². The van der Waals surface area contributed by atoms with Crippen molar-refractivity contribution in [2.24, 2.45) is 0 Å². The van der Waals surface area contributed by atoms with Gasteiger partial charge >= 0.3 is 0 Å². The van der Waals surface area contributed by atoms with Crippen LogP contribution >= 0.6 is 23.6 Å². The monoisotopic (exact) mass is 549 g/mol. The summed E-state index contributed by atoms with van der Waals surface area (Å²) in [6, 6.07) is 0. The first-order valence-corrected chi connectivity index (χ1v) is 14.0. The van der Waals surface area contributed by atoms with Crippen LogP contribution in [0.15, 0.2) is 42.8 Å². The standard InChI is InChI=1S/C16H22N4OS2.C8H17NO.C2H6.C2H2/c1-3-7-17-14(21)13-11-23-15(19-13)12-5-9-20(10-6-12)16(22)18-8-4-2;1-3-5-6-9(4-2)7-8-10;2*1-2/h3-4,11-12H,1-2,5-10H2,(H,17,21)(H,18,22);3,5,10H,4,6-8H2,1-2H3;1-2H3;1-2H/b;5-3-;;. The van der Waals surface area contributed by atoms with E-state index in [4.69, 9.17) is 17.3 Å². The van der Waals surface area contributed by atoms with Gasteiger partial charge in [0.15, 0.2) is 5.11 Å². The molecule has 1 saturated heterocycles. The highest BCUT2D eigenvalue weighted by Crippen LogP contribution is 2.30. The molecular weight excluding hydrogens is 502 g/mol. The van der Waals surface area contributed by atoms with Crippen molar-refractivity contribution in [1.82, 2.24) is 25.4 Å². The summed E-state index contributed by atoms with van der Waals surface area (Å²) in [5.41, 5.74) is 0.498. The van der Waals surface area contributed by atoms with E-state index in [-0.39, 0.29) is 12.5 Å². The summed E-state index contributed by atoms with van der Waals surface area (Å²) < 4.78 is 0. The van der Waals surface area contributed by atoms with Crippen molar-refractivity contribution in [2.45, 2.75) is 46.5 Å². The van der Waals surface area contributed by atoms with Crippen LogP contribution in [0.4, 0.5) is 0 Å². The second-order valence-corrected chi connectivity index (χ2v) is 8.77. The molecule has 1 amide bonds. The van der Waals surface area contributed by atoms with Crippen molar-refractivity contribution >= 4 is 34.6 Å². The smallest absolute Gasteiger partial charge is 0.271 e. The molecule has 2 heterocycles. The van der Waals surface area contributed by atoms with Gasteiger partial charge in [0, 0.05) is 50.6 Å². The Morgan fingerprint density at radius 3 is 2.38 bits per heavy atom. The molecule has 2 rings (SSSR count). The number of likely N-dealkylation sites (tertiary alicyclic amines) is 1. The van der Waals surface area contributed by atoms with Crippen molar-refractivity contribution in [2.75, 3.05) is 52.4 Å². The van der Waals surface area contributed by atoms with Gasteiger partial charge in [0.1, 0.15) is 5.69 Å². The lowest BCUT2D eigenvalue weighted by Crippen LogP contribution is -2.43. The highest BCUT2D eigenvalue weighted by molar-refractivity contribution is 7.80. The number of hydrogen-bond acceptors (Lipinski definition) is 6. The van der Waals surface area contributed by atoms with Gasteiger partial charge in [-0.3, -0.25) is 9.69 Å². The van der Waals surface area contributed by atoms with Crippen LogP contribution in [0.2, 0.25) is 0 Å². The number of rotatable bonds is 11. The largest absolute Gasteiger partial charge is 0.395 e. The Hall–Kier alpha value is -2.51. The number of thiocarbonyl (C=S) groups is 1. The predicted molar refractivity (Wildman–Crippen MR) is 164 cm³/mol. The predicted octanol–water partition coefficient (Wildman–Crippen LogP) is 4.45. The number of aliphatic hydroxyl groups is 1. The first-order chi connectivity index (χ1) is 18.0. The number of piperidine rings is 1. The molecule has 0 saturated carbocycles. The van der Waals surface area contributed by atoms with E-state index in [1.807, 2.05) is 32.2 Å². The number of terminal acetylenes is 1. The lowest BCUT2D eigenvalue weighted by atomic mass is 9.98. The first kappa shape index (κ1) is 36.6. The Balaban J connectivity index is 0. The van der Waals surface area contributed by atoms with E-state index in [0.717, 1.165) is 55.7 Å². The Kier molecular flexibility index (Phi) is 24.9. The van der Waals surface area contributed by atoms with Gasteiger partial charge in [-0.15, -0.1) is 37.3 Å². The maximum absolute atomic E-state index is 11.9. The molecule has 7 nitrogen and oxygen atoms in total. The van der Waals surface area contributed by atoms with E-state index in [2.05, 4.69) is 64.4 Å². The highest BCUT2D eigenvalue weighted by atomic mass is 32.1. The molecular formula is C28H47N5O2S2. The van der Waals surface area contributed by atoms with E-state index in [1.54, 1.807) is 23.5 Å². The number of amides is 1. The molecule has 208 valence electrons. The molecule has 1 aliphatic rings. The van der Waals surface area contributed by atoms with E-state index >= 15 is 0 Å². The number of likely N-dealkylation sites (N-methyl/N-ethyl adjacent to an activating group) is 1. The van der Waals surface area contributed by atoms with Gasteiger partial charge in [-0.25, -0.2) is 4.98 Å². The third-order valence-electron chi connectivity index (χ3n) is 5.15. The molecule has 0 aromatic carbocycles. The van der Waals surface area contributed by atoms with Gasteiger partial charge in [-0.1, -0.05) is 45.1 Å². The molecule has 0 unspecified atom stereocenters. The van der Waals surface area contributed by atoms with E-state index in [1.165, 1.54) is 0 Å². The summed E-state index contributed by atoms with van der Waals surface area (Å²) in [5.74, 6) is 0.263. The maximum Gasteiger partial charge on any atom is 0.271 e. The van der Waals surface area contributed by atoms with Crippen molar-refractivity contribution in [3.8, 4) is 12.8 Å². The molecule has 0 radical (unpaired) electrons. The molecule has 3 N–H and O–H groups in total. The lowest BCUT2D eigenvalue weighted by molar-refractivity contribution is 0.0953. The SMILES string of the molecule is C#C.C/C=C\CN(CC)CCO.C=CCNC(=O)c1csc(C2CCN(C(=S)NCC=C)CC2)n1.CC. The second kappa shape index (κ2) is 25.2. The number of carbonyl (C=O) groups is 1. The fourth-order valence-corrected chi connectivity index (χ4v) is 4.45. The summed E-state index contributed by atoms with van der Waals surface area (Å²) in [7, 11) is 0. The van der Waals surface area contributed by atoms with E-state index in [9.17, 15) is 4.79 Å². The highest BCUT2D eigenvalue weighted by Gasteiger charge is 2.24. The summed E-state index contributed by atoms with van der Waals surface area (Å²) >= 11 is 6.93. The van der Waals surface area contributed by atoms with Crippen molar-refractivity contribution in [1.29, 1.82) is 0 Å². The molecule has 1 aromatic rings. The number of allylic oxidation sites excluding steroid dienone is 1. The van der Waals surface area contributed by atoms with Crippen molar-refractivity contribution in [3.05, 3.63) is 53.5 Å². The molecule has 37 heavy (non-hydrogen) atoms. The number of nitrogens with one attached hydrogen (secondary N) is 2. The summed E-state index contributed by atoms with van der Waals surface area (Å²) in [5, 5.41) is 18.2. The van der Waals surface area contributed by atoms with Crippen LogP contribution in [0.5, 0.6) is 0 Å². The average molecular weight is 550 g/mol. The minimum Gasteiger partial charge on any atom is -0.395 e. The number of thiazole rings is 1. The quantitative estimate of drug-likeness (QED) is 0.214. The second-order valence-electron chi connectivity index (χ2n) is 7.49. The van der Waals surface area contributed by atoms with Gasteiger partial charge in [-0.05, 0) is 38.5 Å². The zero-order chi connectivity index (χ0) is 28.5. The van der Waals surface area contributed by atoms with Crippen LogP contribution in [0.25, 0.3) is 0 Å². The molecule has 1 fully saturated rings. The first-order valence-electron chi connectivity index (χ1n) is 12.8. The normalized spacial score (nSPS) is 12.7. The maximum atomic E-state index is 11.9. The molecule has 9 heteroatoms. The summed E-state index contributed by atoms with van der Waals surface area (Å²) in [6.45, 7) is 21.3. The third kappa shape index (κ3) is 16.0. The van der Waals surface area contributed by atoms with Gasteiger partial charge in [-0.2, -0.15) is 0 Å². The Morgan fingerprint density at radius 2 is 1.86 bits per heavy atom. The third-order valence-corrected chi connectivity index (χ3v) is 6.56.